The van der Waals surface area contributed by atoms with E-state index in [1.54, 1.807) is 0 Å². The maximum absolute atomic E-state index is 12.4. The van der Waals surface area contributed by atoms with E-state index in [1.807, 2.05) is 11.9 Å². The van der Waals surface area contributed by atoms with Crippen molar-refractivity contribution in [2.75, 3.05) is 26.7 Å². The van der Waals surface area contributed by atoms with Gasteiger partial charge in [0.25, 0.3) is 0 Å². The lowest BCUT2D eigenvalue weighted by Gasteiger charge is -2.39. The van der Waals surface area contributed by atoms with Gasteiger partial charge >= 0.3 is 0 Å². The second kappa shape index (κ2) is 6.44. The number of hydrogen-bond acceptors (Lipinski definition) is 3. The summed E-state index contributed by atoms with van der Waals surface area (Å²) in [5.74, 6) is 0.283. The molecule has 4 nitrogen and oxygen atoms in total. The van der Waals surface area contributed by atoms with Crippen LogP contribution in [0.4, 0.5) is 0 Å². The Morgan fingerprint density at radius 1 is 1.20 bits per heavy atom. The van der Waals surface area contributed by atoms with Crippen molar-refractivity contribution < 1.29 is 4.79 Å². The van der Waals surface area contributed by atoms with E-state index in [0.29, 0.717) is 24.0 Å². The van der Waals surface area contributed by atoms with Crippen LogP contribution in [0.1, 0.15) is 52.4 Å². The Kier molecular flexibility index (Phi) is 5.08. The third-order valence-electron chi connectivity index (χ3n) is 5.24. The number of likely N-dealkylation sites (N-methyl/N-ethyl adjacent to an activating group) is 1. The summed E-state index contributed by atoms with van der Waals surface area (Å²) < 4.78 is 0. The summed E-state index contributed by atoms with van der Waals surface area (Å²) in [6.07, 6.45) is 6.81. The molecule has 0 radical (unpaired) electrons. The number of piperidine rings is 1. The molecule has 1 heterocycles. The Morgan fingerprint density at radius 3 is 2.30 bits per heavy atom. The Morgan fingerprint density at radius 2 is 1.75 bits per heavy atom. The number of amides is 1. The number of likely N-dealkylation sites (tertiary alicyclic amines) is 1. The lowest BCUT2D eigenvalue weighted by Crippen LogP contribution is -2.48. The van der Waals surface area contributed by atoms with E-state index in [4.69, 9.17) is 5.73 Å². The van der Waals surface area contributed by atoms with Gasteiger partial charge in [-0.3, -0.25) is 9.69 Å². The second-order valence-electron chi connectivity index (χ2n) is 7.51. The zero-order valence-electron chi connectivity index (χ0n) is 13.4. The summed E-state index contributed by atoms with van der Waals surface area (Å²) in [6, 6.07) is 0.780. The zero-order valence-corrected chi connectivity index (χ0v) is 13.4. The highest BCUT2D eigenvalue weighted by Gasteiger charge is 2.31. The van der Waals surface area contributed by atoms with Crippen molar-refractivity contribution in [2.45, 2.75) is 64.5 Å². The van der Waals surface area contributed by atoms with Gasteiger partial charge in [0.1, 0.15) is 0 Å². The molecule has 2 N–H and O–H groups in total. The molecule has 0 aromatic rings. The summed E-state index contributed by atoms with van der Waals surface area (Å²) in [6.45, 7) is 7.18. The van der Waals surface area contributed by atoms with Crippen LogP contribution in [0.2, 0.25) is 0 Å². The molecule has 0 aromatic heterocycles. The molecule has 1 aliphatic carbocycles. The SMILES string of the molecule is CN(C(=O)CN1CCC(N)CC1)C1CCC(C)(C)CC1. The van der Waals surface area contributed by atoms with E-state index in [9.17, 15) is 4.79 Å². The molecule has 0 unspecified atom stereocenters. The van der Waals surface area contributed by atoms with Crippen molar-refractivity contribution in [3.63, 3.8) is 0 Å². The minimum atomic E-state index is 0.283. The van der Waals surface area contributed by atoms with Crippen molar-refractivity contribution >= 4 is 5.91 Å². The highest BCUT2D eigenvalue weighted by molar-refractivity contribution is 5.78. The third kappa shape index (κ3) is 4.19. The monoisotopic (exact) mass is 281 g/mol. The van der Waals surface area contributed by atoms with Gasteiger partial charge in [-0.15, -0.1) is 0 Å². The van der Waals surface area contributed by atoms with Crippen molar-refractivity contribution in [1.82, 2.24) is 9.80 Å². The van der Waals surface area contributed by atoms with Gasteiger partial charge in [-0.05, 0) is 43.9 Å². The number of carbonyl (C=O) groups excluding carboxylic acids is 1. The van der Waals surface area contributed by atoms with E-state index in [-0.39, 0.29) is 5.91 Å². The minimum absolute atomic E-state index is 0.283. The third-order valence-corrected chi connectivity index (χ3v) is 5.24. The first-order valence-electron chi connectivity index (χ1n) is 8.11. The fourth-order valence-corrected chi connectivity index (χ4v) is 3.39. The maximum Gasteiger partial charge on any atom is 0.236 e. The quantitative estimate of drug-likeness (QED) is 0.858. The van der Waals surface area contributed by atoms with Crippen molar-refractivity contribution in [3.05, 3.63) is 0 Å². The van der Waals surface area contributed by atoms with Gasteiger partial charge in [-0.25, -0.2) is 0 Å². The molecule has 0 spiro atoms. The molecule has 116 valence electrons. The predicted octanol–water partition coefficient (Wildman–Crippen LogP) is 1.84. The van der Waals surface area contributed by atoms with E-state index >= 15 is 0 Å². The molecule has 0 atom stereocenters. The Labute approximate surface area is 123 Å². The van der Waals surface area contributed by atoms with Crippen molar-refractivity contribution in [3.8, 4) is 0 Å². The first kappa shape index (κ1) is 15.8. The fraction of sp³-hybridized carbons (Fsp3) is 0.938. The van der Waals surface area contributed by atoms with Crippen LogP contribution in [0, 0.1) is 5.41 Å². The van der Waals surface area contributed by atoms with Gasteiger partial charge in [0.05, 0.1) is 6.54 Å². The van der Waals surface area contributed by atoms with Crippen LogP contribution in [-0.4, -0.2) is 54.5 Å². The van der Waals surface area contributed by atoms with Gasteiger partial charge in [0, 0.05) is 32.2 Å². The lowest BCUT2D eigenvalue weighted by molar-refractivity contribution is -0.134. The van der Waals surface area contributed by atoms with Gasteiger partial charge in [0.15, 0.2) is 0 Å². The smallest absolute Gasteiger partial charge is 0.236 e. The molecule has 2 rings (SSSR count). The van der Waals surface area contributed by atoms with E-state index in [2.05, 4.69) is 18.7 Å². The van der Waals surface area contributed by atoms with E-state index in [0.717, 1.165) is 38.8 Å². The predicted molar refractivity (Wildman–Crippen MR) is 82.5 cm³/mol. The number of carbonyl (C=O) groups is 1. The summed E-state index contributed by atoms with van der Waals surface area (Å²) in [4.78, 5) is 16.7. The molecule has 2 fully saturated rings. The van der Waals surface area contributed by atoms with Crippen molar-refractivity contribution in [2.24, 2.45) is 11.1 Å². The first-order valence-corrected chi connectivity index (χ1v) is 8.11. The molecule has 20 heavy (non-hydrogen) atoms. The zero-order chi connectivity index (χ0) is 14.8. The first-order chi connectivity index (χ1) is 9.37. The van der Waals surface area contributed by atoms with Crippen LogP contribution in [0.15, 0.2) is 0 Å². The molecule has 1 saturated carbocycles. The van der Waals surface area contributed by atoms with Crippen molar-refractivity contribution in [1.29, 1.82) is 0 Å². The number of nitrogens with two attached hydrogens (primary N) is 1. The highest BCUT2D eigenvalue weighted by atomic mass is 16.2. The topological polar surface area (TPSA) is 49.6 Å². The Hall–Kier alpha value is -0.610. The highest BCUT2D eigenvalue weighted by Crippen LogP contribution is 2.36. The largest absolute Gasteiger partial charge is 0.342 e. The van der Waals surface area contributed by atoms with Crippen LogP contribution in [0.25, 0.3) is 0 Å². The van der Waals surface area contributed by atoms with Crippen LogP contribution < -0.4 is 5.73 Å². The minimum Gasteiger partial charge on any atom is -0.342 e. The van der Waals surface area contributed by atoms with Crippen LogP contribution >= 0.6 is 0 Å². The average Bonchev–Trinajstić information content (AvgIpc) is 2.40. The molecule has 1 saturated heterocycles. The molecule has 4 heteroatoms. The Balaban J connectivity index is 1.77. The number of rotatable bonds is 3. The van der Waals surface area contributed by atoms with E-state index in [1.165, 1.54) is 12.8 Å². The molecule has 2 aliphatic rings. The fourth-order valence-electron chi connectivity index (χ4n) is 3.39. The lowest BCUT2D eigenvalue weighted by atomic mass is 9.75. The van der Waals surface area contributed by atoms with Gasteiger partial charge in [-0.1, -0.05) is 13.8 Å². The maximum atomic E-state index is 12.4. The molecule has 1 amide bonds. The second-order valence-corrected chi connectivity index (χ2v) is 7.51. The Bertz CT molecular complexity index is 325. The molecule has 0 bridgehead atoms. The summed E-state index contributed by atoms with van der Waals surface area (Å²) >= 11 is 0. The van der Waals surface area contributed by atoms with Gasteiger partial charge in [0.2, 0.25) is 5.91 Å². The average molecular weight is 281 g/mol. The summed E-state index contributed by atoms with van der Waals surface area (Å²) in [5, 5.41) is 0. The molecular weight excluding hydrogens is 250 g/mol. The molecule has 1 aliphatic heterocycles. The number of hydrogen-bond donors (Lipinski definition) is 1. The molecule has 0 aromatic carbocycles. The normalized spacial score (nSPS) is 25.6. The standard InChI is InChI=1S/C16H31N3O/c1-16(2)8-4-14(5-9-16)18(3)15(20)12-19-10-6-13(17)7-11-19/h13-14H,4-12,17H2,1-3H3. The van der Waals surface area contributed by atoms with Crippen LogP contribution in [0.3, 0.4) is 0 Å². The molecular formula is C16H31N3O. The summed E-state index contributed by atoms with van der Waals surface area (Å²) in [7, 11) is 1.99. The van der Waals surface area contributed by atoms with Gasteiger partial charge < -0.3 is 10.6 Å². The van der Waals surface area contributed by atoms with E-state index < -0.39 is 0 Å². The van der Waals surface area contributed by atoms with Crippen LogP contribution in [0.5, 0.6) is 0 Å². The van der Waals surface area contributed by atoms with Crippen LogP contribution in [-0.2, 0) is 4.79 Å². The summed E-state index contributed by atoms with van der Waals surface area (Å²) in [5.41, 5.74) is 6.37. The van der Waals surface area contributed by atoms with Gasteiger partial charge in [-0.2, -0.15) is 0 Å². The number of nitrogens with zero attached hydrogens (tertiary/aromatic N) is 2.